The molecule has 0 unspecified atom stereocenters. The van der Waals surface area contributed by atoms with E-state index in [-0.39, 0.29) is 36.2 Å². The van der Waals surface area contributed by atoms with Crippen molar-refractivity contribution in [2.45, 2.75) is 25.2 Å². The molecule has 2 amide bonds. The Balaban J connectivity index is 1.67. The summed E-state index contributed by atoms with van der Waals surface area (Å²) < 4.78 is 32.3. The van der Waals surface area contributed by atoms with E-state index >= 15 is 0 Å². The van der Waals surface area contributed by atoms with E-state index in [1.807, 2.05) is 0 Å². The Morgan fingerprint density at radius 1 is 1.38 bits per heavy atom. The van der Waals surface area contributed by atoms with E-state index in [0.29, 0.717) is 22.8 Å². The Morgan fingerprint density at radius 3 is 2.81 bits per heavy atom. The molecule has 0 saturated carbocycles. The molecule has 26 heavy (non-hydrogen) atoms. The smallest absolute Gasteiger partial charge is 0.240 e. The molecular weight excluding hydrogens is 360 g/mol. The molecule has 2 aromatic rings. The van der Waals surface area contributed by atoms with Gasteiger partial charge in [0.05, 0.1) is 11.3 Å². The molecular formula is C16H18N4O5S. The van der Waals surface area contributed by atoms with Gasteiger partial charge in [0.15, 0.2) is 5.82 Å². The van der Waals surface area contributed by atoms with Crippen molar-refractivity contribution >= 4 is 33.3 Å². The van der Waals surface area contributed by atoms with Gasteiger partial charge >= 0.3 is 0 Å². The largest absolute Gasteiger partial charge is 0.360 e. The van der Waals surface area contributed by atoms with Crippen LogP contribution in [-0.2, 0) is 26.0 Å². The van der Waals surface area contributed by atoms with E-state index < -0.39 is 10.0 Å². The third-order valence-electron chi connectivity index (χ3n) is 3.91. The Labute approximate surface area is 150 Å². The highest BCUT2D eigenvalue weighted by molar-refractivity contribution is 7.89. The van der Waals surface area contributed by atoms with Crippen molar-refractivity contribution in [2.24, 2.45) is 0 Å². The van der Waals surface area contributed by atoms with Gasteiger partial charge in [-0.05, 0) is 30.7 Å². The average Bonchev–Trinajstić information content (AvgIpc) is 3.14. The molecule has 3 rings (SSSR count). The Bertz CT molecular complexity index is 967. The van der Waals surface area contributed by atoms with Crippen molar-refractivity contribution < 1.29 is 22.5 Å². The summed E-state index contributed by atoms with van der Waals surface area (Å²) in [7, 11) is -3.77. The highest BCUT2D eigenvalue weighted by atomic mass is 32.2. The van der Waals surface area contributed by atoms with Crippen LogP contribution in [0.5, 0.6) is 0 Å². The van der Waals surface area contributed by atoms with Crippen molar-refractivity contribution in [3.8, 4) is 0 Å². The van der Waals surface area contributed by atoms with Gasteiger partial charge in [0.25, 0.3) is 0 Å². The van der Waals surface area contributed by atoms with Crippen LogP contribution in [0.4, 0.5) is 11.5 Å². The highest BCUT2D eigenvalue weighted by Gasteiger charge is 2.22. The summed E-state index contributed by atoms with van der Waals surface area (Å²) in [5, 5.41) is 6.42. The van der Waals surface area contributed by atoms with Gasteiger partial charge in [-0.1, -0.05) is 5.16 Å². The molecule has 1 aromatic carbocycles. The summed E-state index contributed by atoms with van der Waals surface area (Å²) in [5.41, 5.74) is 1.26. The number of aromatic nitrogens is 1. The third kappa shape index (κ3) is 3.75. The molecule has 0 fully saturated rings. The van der Waals surface area contributed by atoms with Crippen molar-refractivity contribution in [2.75, 3.05) is 23.3 Å². The number of aryl methyl sites for hydroxylation is 1. The van der Waals surface area contributed by atoms with E-state index in [1.54, 1.807) is 19.1 Å². The van der Waals surface area contributed by atoms with Crippen molar-refractivity contribution in [3.05, 3.63) is 35.6 Å². The number of nitrogens with one attached hydrogen (secondary N) is 2. The highest BCUT2D eigenvalue weighted by Crippen LogP contribution is 2.25. The zero-order chi connectivity index (χ0) is 18.9. The number of amides is 2. The number of hydrogen-bond donors (Lipinski definition) is 2. The maximum absolute atomic E-state index is 12.5. The summed E-state index contributed by atoms with van der Waals surface area (Å²) in [4.78, 5) is 24.5. The number of sulfonamides is 1. The first-order valence-corrected chi connectivity index (χ1v) is 9.38. The first-order valence-electron chi connectivity index (χ1n) is 7.90. The van der Waals surface area contributed by atoms with Crippen molar-refractivity contribution in [1.29, 1.82) is 0 Å². The zero-order valence-corrected chi connectivity index (χ0v) is 15.1. The number of rotatable bonds is 6. The molecule has 1 aliphatic heterocycles. The molecule has 138 valence electrons. The molecule has 2 N–H and O–H groups in total. The van der Waals surface area contributed by atoms with Gasteiger partial charge in [0.2, 0.25) is 21.8 Å². The number of carbonyl (C=O) groups excluding carboxylic acids is 2. The molecule has 0 spiro atoms. The lowest BCUT2D eigenvalue weighted by atomic mass is 10.2. The molecule has 0 bridgehead atoms. The van der Waals surface area contributed by atoms with E-state index in [9.17, 15) is 18.0 Å². The van der Waals surface area contributed by atoms with Crippen LogP contribution in [-0.4, -0.2) is 38.5 Å². The molecule has 1 aliphatic rings. The molecule has 0 aliphatic carbocycles. The van der Waals surface area contributed by atoms with Crippen LogP contribution < -0.4 is 14.9 Å². The maximum atomic E-state index is 12.5. The van der Waals surface area contributed by atoms with E-state index in [0.717, 1.165) is 0 Å². The summed E-state index contributed by atoms with van der Waals surface area (Å²) in [6, 6.07) is 6.06. The number of fused-ring (bicyclic) bond motifs is 1. The van der Waals surface area contributed by atoms with Gasteiger partial charge in [-0.25, -0.2) is 13.1 Å². The standard InChI is InChI=1S/C16H18N4O5S/c1-10-7-15(19-25-10)20(11(2)21)6-5-17-26(23,24)13-3-4-14-12(8-13)9-16(22)18-14/h3-4,7-8,17H,5-6,9H2,1-2H3,(H,18,22). The predicted molar refractivity (Wildman–Crippen MR) is 93.2 cm³/mol. The lowest BCUT2D eigenvalue weighted by molar-refractivity contribution is -0.117. The Hall–Kier alpha value is -2.72. The minimum atomic E-state index is -3.77. The second-order valence-corrected chi connectivity index (χ2v) is 7.68. The summed E-state index contributed by atoms with van der Waals surface area (Å²) in [6.07, 6.45) is 0.155. The fourth-order valence-corrected chi connectivity index (χ4v) is 3.73. The van der Waals surface area contributed by atoms with Crippen LogP contribution in [0.1, 0.15) is 18.2 Å². The molecule has 9 nitrogen and oxygen atoms in total. The van der Waals surface area contributed by atoms with Crippen LogP contribution in [0.25, 0.3) is 0 Å². The SMILES string of the molecule is CC(=O)N(CCNS(=O)(=O)c1ccc2c(c1)CC(=O)N2)c1cc(C)on1. The molecule has 0 atom stereocenters. The fourth-order valence-electron chi connectivity index (χ4n) is 2.66. The van der Waals surface area contributed by atoms with E-state index in [2.05, 4.69) is 15.2 Å². The van der Waals surface area contributed by atoms with Gasteiger partial charge in [-0.2, -0.15) is 0 Å². The van der Waals surface area contributed by atoms with Crippen LogP contribution >= 0.6 is 0 Å². The summed E-state index contributed by atoms with van der Waals surface area (Å²) >= 11 is 0. The normalized spacial score (nSPS) is 13.4. The van der Waals surface area contributed by atoms with Crippen molar-refractivity contribution in [3.63, 3.8) is 0 Å². The summed E-state index contributed by atoms with van der Waals surface area (Å²) in [6.45, 7) is 3.17. The number of anilines is 2. The fraction of sp³-hybridized carbons (Fsp3) is 0.312. The number of benzene rings is 1. The minimum absolute atomic E-state index is 0.00207. The van der Waals surface area contributed by atoms with Crippen LogP contribution in [0.15, 0.2) is 33.7 Å². The molecule has 0 radical (unpaired) electrons. The van der Waals surface area contributed by atoms with E-state index in [4.69, 9.17) is 4.52 Å². The second kappa shape index (κ2) is 6.89. The van der Waals surface area contributed by atoms with Gasteiger partial charge in [0, 0.05) is 31.8 Å². The monoisotopic (exact) mass is 378 g/mol. The molecule has 0 saturated heterocycles. The lowest BCUT2D eigenvalue weighted by Crippen LogP contribution is -2.37. The average molecular weight is 378 g/mol. The first-order chi connectivity index (χ1) is 12.3. The lowest BCUT2D eigenvalue weighted by Gasteiger charge is -2.18. The Kier molecular flexibility index (Phi) is 4.79. The van der Waals surface area contributed by atoms with Crippen LogP contribution in [0, 0.1) is 6.92 Å². The summed E-state index contributed by atoms with van der Waals surface area (Å²) in [5.74, 6) is 0.437. The van der Waals surface area contributed by atoms with Crippen LogP contribution in [0.3, 0.4) is 0 Å². The Morgan fingerprint density at radius 2 is 2.15 bits per heavy atom. The quantitative estimate of drug-likeness (QED) is 0.767. The third-order valence-corrected chi connectivity index (χ3v) is 5.37. The number of nitrogens with zero attached hydrogens (tertiary/aromatic N) is 2. The minimum Gasteiger partial charge on any atom is -0.360 e. The van der Waals surface area contributed by atoms with Gasteiger partial charge < -0.3 is 9.84 Å². The molecule has 10 heteroatoms. The number of carbonyl (C=O) groups is 2. The topological polar surface area (TPSA) is 122 Å². The van der Waals surface area contributed by atoms with Crippen LogP contribution in [0.2, 0.25) is 0 Å². The van der Waals surface area contributed by atoms with Gasteiger partial charge in [-0.3, -0.25) is 14.5 Å². The first kappa shape index (κ1) is 18.1. The zero-order valence-electron chi connectivity index (χ0n) is 14.3. The molecule has 2 heterocycles. The van der Waals surface area contributed by atoms with Gasteiger partial charge in [0.1, 0.15) is 5.76 Å². The molecule has 1 aromatic heterocycles. The number of hydrogen-bond acceptors (Lipinski definition) is 6. The van der Waals surface area contributed by atoms with Gasteiger partial charge in [-0.15, -0.1) is 0 Å². The van der Waals surface area contributed by atoms with E-state index in [1.165, 1.54) is 24.0 Å². The maximum Gasteiger partial charge on any atom is 0.240 e. The second-order valence-electron chi connectivity index (χ2n) is 5.91. The predicted octanol–water partition coefficient (Wildman–Crippen LogP) is 0.809. The van der Waals surface area contributed by atoms with Crippen molar-refractivity contribution in [1.82, 2.24) is 9.88 Å².